The number of carbonyl (C=O) groups is 1. The molecule has 36 heavy (non-hydrogen) atoms. The SMILES string of the molecule is C=CC1(c2nc(Cc3c(C)cc(OCc4ccccc4)c(F)c3C)ccc2OC(C)=O)CCCCC1. The third-order valence-corrected chi connectivity index (χ3v) is 7.19. The molecule has 0 spiro atoms. The fourth-order valence-corrected chi connectivity index (χ4v) is 5.15. The smallest absolute Gasteiger partial charge is 0.308 e. The van der Waals surface area contributed by atoms with Gasteiger partial charge in [0.2, 0.25) is 0 Å². The van der Waals surface area contributed by atoms with Crippen LogP contribution < -0.4 is 9.47 Å². The number of ether oxygens (including phenoxy) is 2. The Balaban J connectivity index is 1.65. The molecule has 1 saturated carbocycles. The first kappa shape index (κ1) is 25.6. The second-order valence-corrected chi connectivity index (χ2v) is 9.72. The maximum Gasteiger partial charge on any atom is 0.308 e. The van der Waals surface area contributed by atoms with Crippen molar-refractivity contribution >= 4 is 5.97 Å². The maximum absolute atomic E-state index is 15.3. The van der Waals surface area contributed by atoms with Crippen LogP contribution in [0, 0.1) is 19.7 Å². The molecule has 1 aromatic heterocycles. The Hall–Kier alpha value is -3.47. The van der Waals surface area contributed by atoms with Gasteiger partial charge >= 0.3 is 5.97 Å². The first-order valence-corrected chi connectivity index (χ1v) is 12.6. The monoisotopic (exact) mass is 487 g/mol. The summed E-state index contributed by atoms with van der Waals surface area (Å²) in [5, 5.41) is 0. The predicted molar refractivity (Wildman–Crippen MR) is 140 cm³/mol. The number of benzene rings is 2. The Bertz CT molecular complexity index is 1250. The molecule has 1 heterocycles. The lowest BCUT2D eigenvalue weighted by Gasteiger charge is -2.35. The molecule has 0 bridgehead atoms. The van der Waals surface area contributed by atoms with E-state index in [4.69, 9.17) is 14.5 Å². The molecule has 5 heteroatoms. The molecule has 1 aliphatic carbocycles. The molecule has 0 saturated heterocycles. The number of allylic oxidation sites excluding steroid dienone is 1. The summed E-state index contributed by atoms with van der Waals surface area (Å²) in [4.78, 5) is 16.8. The van der Waals surface area contributed by atoms with Crippen LogP contribution in [0.2, 0.25) is 0 Å². The molecular formula is C31H34FNO3. The second kappa shape index (κ2) is 11.1. The largest absolute Gasteiger partial charge is 0.486 e. The van der Waals surface area contributed by atoms with Crippen LogP contribution in [0.15, 0.2) is 61.2 Å². The van der Waals surface area contributed by atoms with Crippen molar-refractivity contribution in [3.05, 3.63) is 101 Å². The molecule has 0 unspecified atom stereocenters. The van der Waals surface area contributed by atoms with E-state index in [9.17, 15) is 4.79 Å². The van der Waals surface area contributed by atoms with E-state index in [-0.39, 0.29) is 23.0 Å². The lowest BCUT2D eigenvalue weighted by molar-refractivity contribution is -0.132. The fourth-order valence-electron chi connectivity index (χ4n) is 5.15. The van der Waals surface area contributed by atoms with Gasteiger partial charge in [0.1, 0.15) is 6.61 Å². The van der Waals surface area contributed by atoms with Crippen LogP contribution in [0.1, 0.15) is 72.7 Å². The Morgan fingerprint density at radius 2 is 1.81 bits per heavy atom. The number of hydrogen-bond donors (Lipinski definition) is 0. The highest BCUT2D eigenvalue weighted by molar-refractivity contribution is 5.70. The molecular weight excluding hydrogens is 453 g/mol. The van der Waals surface area contributed by atoms with E-state index in [2.05, 4.69) is 6.58 Å². The lowest BCUT2D eigenvalue weighted by atomic mass is 9.71. The van der Waals surface area contributed by atoms with Gasteiger partial charge in [-0.1, -0.05) is 55.7 Å². The Labute approximate surface area is 213 Å². The van der Waals surface area contributed by atoms with Crippen molar-refractivity contribution in [3.63, 3.8) is 0 Å². The number of aromatic nitrogens is 1. The fraction of sp³-hybridized carbons (Fsp3) is 0.355. The molecule has 4 rings (SSSR count). The van der Waals surface area contributed by atoms with Gasteiger partial charge < -0.3 is 9.47 Å². The van der Waals surface area contributed by atoms with Crippen LogP contribution in [0.5, 0.6) is 11.5 Å². The summed E-state index contributed by atoms with van der Waals surface area (Å²) < 4.78 is 26.7. The van der Waals surface area contributed by atoms with Crippen LogP contribution in [-0.4, -0.2) is 11.0 Å². The minimum absolute atomic E-state index is 0.254. The normalized spacial score (nSPS) is 14.8. The topological polar surface area (TPSA) is 48.4 Å². The average molecular weight is 488 g/mol. The number of pyridine rings is 1. The van der Waals surface area contributed by atoms with Gasteiger partial charge in [0.25, 0.3) is 0 Å². The van der Waals surface area contributed by atoms with Gasteiger partial charge in [0, 0.05) is 24.5 Å². The van der Waals surface area contributed by atoms with Gasteiger partial charge in [-0.25, -0.2) is 4.39 Å². The van der Waals surface area contributed by atoms with Crippen molar-refractivity contribution in [2.75, 3.05) is 0 Å². The summed E-state index contributed by atoms with van der Waals surface area (Å²) in [6, 6.07) is 15.2. The summed E-state index contributed by atoms with van der Waals surface area (Å²) >= 11 is 0. The first-order chi connectivity index (χ1) is 17.3. The van der Waals surface area contributed by atoms with Crippen LogP contribution in [-0.2, 0) is 23.2 Å². The molecule has 0 N–H and O–H groups in total. The van der Waals surface area contributed by atoms with E-state index in [1.165, 1.54) is 13.3 Å². The zero-order chi connectivity index (χ0) is 25.7. The lowest BCUT2D eigenvalue weighted by Crippen LogP contribution is -2.29. The average Bonchev–Trinajstić information content (AvgIpc) is 2.89. The van der Waals surface area contributed by atoms with E-state index in [1.807, 2.05) is 55.5 Å². The molecule has 3 aromatic rings. The van der Waals surface area contributed by atoms with Crippen molar-refractivity contribution in [1.29, 1.82) is 0 Å². The highest BCUT2D eigenvalue weighted by Gasteiger charge is 2.35. The number of rotatable bonds is 8. The quantitative estimate of drug-likeness (QED) is 0.247. The van der Waals surface area contributed by atoms with Crippen LogP contribution >= 0.6 is 0 Å². The number of aryl methyl sites for hydroxylation is 1. The number of nitrogens with zero attached hydrogens (tertiary/aromatic N) is 1. The van der Waals surface area contributed by atoms with E-state index < -0.39 is 0 Å². The molecule has 0 amide bonds. The number of halogens is 1. The van der Waals surface area contributed by atoms with Crippen LogP contribution in [0.3, 0.4) is 0 Å². The zero-order valence-corrected chi connectivity index (χ0v) is 21.4. The highest BCUT2D eigenvalue weighted by atomic mass is 19.1. The Morgan fingerprint density at radius 3 is 2.47 bits per heavy atom. The predicted octanol–water partition coefficient (Wildman–Crippen LogP) is 7.32. The van der Waals surface area contributed by atoms with Gasteiger partial charge in [0.05, 0.1) is 5.69 Å². The minimum atomic E-state index is -0.374. The molecule has 1 fully saturated rings. The molecule has 4 nitrogen and oxygen atoms in total. The summed E-state index contributed by atoms with van der Waals surface area (Å²) in [6.07, 6.45) is 7.59. The third kappa shape index (κ3) is 5.51. The van der Waals surface area contributed by atoms with E-state index in [0.717, 1.165) is 53.8 Å². The Kier molecular flexibility index (Phi) is 7.88. The molecule has 1 aliphatic rings. The summed E-state index contributed by atoms with van der Waals surface area (Å²) in [5.41, 5.74) is 4.60. The first-order valence-electron chi connectivity index (χ1n) is 12.6. The van der Waals surface area contributed by atoms with E-state index >= 15 is 4.39 Å². The zero-order valence-electron chi connectivity index (χ0n) is 21.4. The van der Waals surface area contributed by atoms with E-state index in [1.54, 1.807) is 13.0 Å². The standard InChI is InChI=1S/C31H34FNO3/c1-5-31(16-10-7-11-17-31)30-27(36-23(4)34)15-14-25(33-30)19-26-21(2)18-28(29(32)22(26)3)35-20-24-12-8-6-9-13-24/h5-6,8-9,12-15,18H,1,7,10-11,16-17,19-20H2,2-4H3. The van der Waals surface area contributed by atoms with Gasteiger partial charge in [-0.3, -0.25) is 9.78 Å². The van der Waals surface area contributed by atoms with Gasteiger partial charge in [-0.05, 0) is 67.1 Å². The number of carbonyl (C=O) groups excluding carboxylic acids is 1. The Morgan fingerprint density at radius 1 is 1.08 bits per heavy atom. The molecule has 0 radical (unpaired) electrons. The maximum atomic E-state index is 15.3. The highest BCUT2D eigenvalue weighted by Crippen LogP contribution is 2.43. The number of esters is 1. The van der Waals surface area contributed by atoms with Gasteiger partial charge in [-0.15, -0.1) is 6.58 Å². The van der Waals surface area contributed by atoms with Crippen molar-refractivity contribution in [2.24, 2.45) is 0 Å². The molecule has 0 aliphatic heterocycles. The van der Waals surface area contributed by atoms with Crippen molar-refractivity contribution < 1.29 is 18.7 Å². The molecule has 0 atom stereocenters. The van der Waals surface area contributed by atoms with Crippen molar-refractivity contribution in [2.45, 2.75) is 71.3 Å². The van der Waals surface area contributed by atoms with Crippen molar-refractivity contribution in [1.82, 2.24) is 4.98 Å². The van der Waals surface area contributed by atoms with Gasteiger partial charge in [0.15, 0.2) is 17.3 Å². The third-order valence-electron chi connectivity index (χ3n) is 7.19. The van der Waals surface area contributed by atoms with Crippen LogP contribution in [0.4, 0.5) is 4.39 Å². The summed E-state index contributed by atoms with van der Waals surface area (Å²) in [7, 11) is 0. The summed E-state index contributed by atoms with van der Waals surface area (Å²) in [6.45, 7) is 9.57. The number of hydrogen-bond acceptors (Lipinski definition) is 4. The van der Waals surface area contributed by atoms with Gasteiger partial charge in [-0.2, -0.15) is 0 Å². The van der Waals surface area contributed by atoms with E-state index in [0.29, 0.717) is 24.3 Å². The second-order valence-electron chi connectivity index (χ2n) is 9.72. The minimum Gasteiger partial charge on any atom is -0.486 e. The molecule has 2 aromatic carbocycles. The van der Waals surface area contributed by atoms with Crippen molar-refractivity contribution in [3.8, 4) is 11.5 Å². The summed E-state index contributed by atoms with van der Waals surface area (Å²) in [5.74, 6) is 0.0143. The van der Waals surface area contributed by atoms with Crippen LogP contribution in [0.25, 0.3) is 0 Å². The molecule has 188 valence electrons.